The number of benzene rings is 2. The number of anilines is 1. The number of ether oxygens (including phenoxy) is 1. The van der Waals surface area contributed by atoms with Gasteiger partial charge in [0.2, 0.25) is 10.0 Å². The van der Waals surface area contributed by atoms with E-state index in [2.05, 4.69) is 5.32 Å². The van der Waals surface area contributed by atoms with Gasteiger partial charge >= 0.3 is 5.97 Å². The number of hydrogen-bond acceptors (Lipinski definition) is 7. The molecule has 3 amide bonds. The van der Waals surface area contributed by atoms with Gasteiger partial charge in [-0.2, -0.15) is 0 Å². The molecule has 0 spiro atoms. The maximum absolute atomic E-state index is 12.3. The number of nitrogens with two attached hydrogens (primary N) is 1. The average Bonchev–Trinajstić information content (AvgIpc) is 2.93. The third-order valence-electron chi connectivity index (χ3n) is 4.29. The van der Waals surface area contributed by atoms with Crippen molar-refractivity contribution in [3.63, 3.8) is 0 Å². The Kier molecular flexibility index (Phi) is 5.67. The maximum atomic E-state index is 12.3. The van der Waals surface area contributed by atoms with E-state index in [1.54, 1.807) is 12.1 Å². The average molecular weight is 431 g/mol. The van der Waals surface area contributed by atoms with Gasteiger partial charge in [0.1, 0.15) is 6.54 Å². The van der Waals surface area contributed by atoms with Crippen molar-refractivity contribution < 1.29 is 32.3 Å². The first kappa shape index (κ1) is 21.1. The van der Waals surface area contributed by atoms with Crippen LogP contribution >= 0.6 is 0 Å². The van der Waals surface area contributed by atoms with Crippen molar-refractivity contribution in [3.05, 3.63) is 59.7 Å². The first-order valence-corrected chi connectivity index (χ1v) is 10.2. The third kappa shape index (κ3) is 4.36. The second-order valence-corrected chi connectivity index (χ2v) is 7.99. The summed E-state index contributed by atoms with van der Waals surface area (Å²) in [5, 5.41) is 7.45. The second kappa shape index (κ2) is 8.05. The Balaban J connectivity index is 1.57. The molecule has 1 aliphatic rings. The molecule has 10 nitrogen and oxygen atoms in total. The summed E-state index contributed by atoms with van der Waals surface area (Å²) in [7, 11) is -3.86. The molecule has 1 unspecified atom stereocenters. The maximum Gasteiger partial charge on any atom is 0.326 e. The largest absolute Gasteiger partial charge is 0.451 e. The Bertz CT molecular complexity index is 1110. The van der Waals surface area contributed by atoms with Crippen LogP contribution in [0.2, 0.25) is 0 Å². The highest BCUT2D eigenvalue weighted by molar-refractivity contribution is 7.89. The number of carbonyl (C=O) groups is 4. The molecule has 0 bridgehead atoms. The van der Waals surface area contributed by atoms with Crippen molar-refractivity contribution >= 4 is 39.4 Å². The second-order valence-electron chi connectivity index (χ2n) is 6.43. The number of imide groups is 1. The van der Waals surface area contributed by atoms with Crippen LogP contribution in [-0.4, -0.2) is 49.7 Å². The van der Waals surface area contributed by atoms with Crippen molar-refractivity contribution in [3.8, 4) is 0 Å². The Morgan fingerprint density at radius 3 is 2.07 bits per heavy atom. The Morgan fingerprint density at radius 2 is 1.57 bits per heavy atom. The highest BCUT2D eigenvalue weighted by Gasteiger charge is 2.37. The summed E-state index contributed by atoms with van der Waals surface area (Å²) >= 11 is 0. The minimum Gasteiger partial charge on any atom is -0.451 e. The Morgan fingerprint density at radius 1 is 1.03 bits per heavy atom. The molecule has 0 radical (unpaired) electrons. The van der Waals surface area contributed by atoms with E-state index in [0.29, 0.717) is 0 Å². The van der Waals surface area contributed by atoms with Gasteiger partial charge in [-0.3, -0.25) is 24.1 Å². The van der Waals surface area contributed by atoms with Crippen LogP contribution in [0.15, 0.2) is 53.4 Å². The molecule has 3 N–H and O–H groups in total. The summed E-state index contributed by atoms with van der Waals surface area (Å²) < 4.78 is 27.5. The molecule has 0 saturated carbocycles. The summed E-state index contributed by atoms with van der Waals surface area (Å²) in [6.45, 7) is 0.682. The van der Waals surface area contributed by atoms with E-state index < -0.39 is 46.4 Å². The number of nitrogens with one attached hydrogen (secondary N) is 1. The molecule has 1 heterocycles. The minimum atomic E-state index is -3.86. The number of hydrogen-bond donors (Lipinski definition) is 2. The molecule has 0 aliphatic carbocycles. The van der Waals surface area contributed by atoms with E-state index in [9.17, 15) is 27.6 Å². The van der Waals surface area contributed by atoms with E-state index >= 15 is 0 Å². The quantitative estimate of drug-likeness (QED) is 0.499. The summed E-state index contributed by atoms with van der Waals surface area (Å²) in [6, 6.07) is 11.3. The molecule has 30 heavy (non-hydrogen) atoms. The molecule has 11 heteroatoms. The Labute approximate surface area is 171 Å². The molecule has 3 rings (SSSR count). The van der Waals surface area contributed by atoms with Gasteiger partial charge in [-0.15, -0.1) is 0 Å². The number of carbonyl (C=O) groups excluding carboxylic acids is 4. The number of primary sulfonamides is 1. The summed E-state index contributed by atoms with van der Waals surface area (Å²) in [5.41, 5.74) is 0.656. The van der Waals surface area contributed by atoms with Crippen molar-refractivity contribution in [2.75, 3.05) is 11.9 Å². The third-order valence-corrected chi connectivity index (χ3v) is 5.22. The van der Waals surface area contributed by atoms with Crippen LogP contribution in [0.25, 0.3) is 0 Å². The van der Waals surface area contributed by atoms with Crippen LogP contribution in [0.3, 0.4) is 0 Å². The normalized spacial score (nSPS) is 14.3. The first-order chi connectivity index (χ1) is 14.1. The zero-order valence-electron chi connectivity index (χ0n) is 15.7. The monoisotopic (exact) mass is 431 g/mol. The summed E-state index contributed by atoms with van der Waals surface area (Å²) in [4.78, 5) is 49.5. The number of amides is 3. The van der Waals surface area contributed by atoms with E-state index in [0.717, 1.165) is 4.90 Å². The van der Waals surface area contributed by atoms with Gasteiger partial charge in [-0.25, -0.2) is 13.6 Å². The lowest BCUT2D eigenvalue weighted by Gasteiger charge is -2.16. The van der Waals surface area contributed by atoms with Gasteiger partial charge in [0.05, 0.1) is 16.0 Å². The van der Waals surface area contributed by atoms with Crippen LogP contribution < -0.4 is 10.5 Å². The fourth-order valence-corrected chi connectivity index (χ4v) is 3.29. The fourth-order valence-electron chi connectivity index (χ4n) is 2.77. The first-order valence-electron chi connectivity index (χ1n) is 8.66. The number of sulfonamides is 1. The van der Waals surface area contributed by atoms with Crippen molar-refractivity contribution in [2.24, 2.45) is 5.14 Å². The zero-order chi connectivity index (χ0) is 22.1. The van der Waals surface area contributed by atoms with Gasteiger partial charge in [-0.1, -0.05) is 12.1 Å². The van der Waals surface area contributed by atoms with E-state index in [1.807, 2.05) is 0 Å². The van der Waals surface area contributed by atoms with E-state index in [4.69, 9.17) is 9.88 Å². The predicted octanol–water partition coefficient (Wildman–Crippen LogP) is 0.500. The van der Waals surface area contributed by atoms with Crippen LogP contribution in [0.5, 0.6) is 0 Å². The van der Waals surface area contributed by atoms with Crippen molar-refractivity contribution in [2.45, 2.75) is 17.9 Å². The number of nitrogens with zero attached hydrogens (tertiary/aromatic N) is 1. The van der Waals surface area contributed by atoms with Gasteiger partial charge in [-0.05, 0) is 43.3 Å². The van der Waals surface area contributed by atoms with E-state index in [1.165, 1.54) is 43.3 Å². The van der Waals surface area contributed by atoms with Crippen molar-refractivity contribution in [1.29, 1.82) is 0 Å². The van der Waals surface area contributed by atoms with Crippen LogP contribution in [-0.2, 0) is 24.3 Å². The molecular formula is C19H17N3O7S. The molecule has 2 aromatic carbocycles. The van der Waals surface area contributed by atoms with Crippen molar-refractivity contribution in [1.82, 2.24) is 4.90 Å². The lowest BCUT2D eigenvalue weighted by Crippen LogP contribution is -2.38. The fraction of sp³-hybridized carbons (Fsp3) is 0.158. The lowest BCUT2D eigenvalue weighted by molar-refractivity contribution is -0.153. The molecule has 1 atom stereocenters. The SMILES string of the molecule is CC(OC(=O)CN1C(=O)c2ccccc2C1=O)C(=O)Nc1ccc(S(N)(=O)=O)cc1. The molecule has 156 valence electrons. The topological polar surface area (TPSA) is 153 Å². The molecule has 1 aliphatic heterocycles. The molecule has 0 aromatic heterocycles. The Hall–Kier alpha value is -3.57. The minimum absolute atomic E-state index is 0.124. The highest BCUT2D eigenvalue weighted by Crippen LogP contribution is 2.22. The summed E-state index contributed by atoms with van der Waals surface area (Å²) in [5.74, 6) is -2.84. The number of esters is 1. The standard InChI is InChI=1S/C19H17N3O7S/c1-11(17(24)21-12-6-8-13(9-7-12)30(20,27)28)29-16(23)10-22-18(25)14-4-2-3-5-15(14)19(22)26/h2-9,11H,10H2,1H3,(H,21,24)(H2,20,27,28). The van der Waals surface area contributed by atoms with Crippen LogP contribution in [0.1, 0.15) is 27.6 Å². The smallest absolute Gasteiger partial charge is 0.326 e. The zero-order valence-corrected chi connectivity index (χ0v) is 16.5. The van der Waals surface area contributed by atoms with Crippen LogP contribution in [0.4, 0.5) is 5.69 Å². The van der Waals surface area contributed by atoms with Crippen LogP contribution in [0, 0.1) is 0 Å². The number of fused-ring (bicyclic) bond motifs is 1. The molecular weight excluding hydrogens is 414 g/mol. The highest BCUT2D eigenvalue weighted by atomic mass is 32.2. The van der Waals surface area contributed by atoms with Gasteiger partial charge in [0, 0.05) is 5.69 Å². The van der Waals surface area contributed by atoms with Gasteiger partial charge < -0.3 is 10.1 Å². The van der Waals surface area contributed by atoms with E-state index in [-0.39, 0.29) is 21.7 Å². The number of rotatable bonds is 6. The molecule has 0 fully saturated rings. The van der Waals surface area contributed by atoms with Gasteiger partial charge in [0.15, 0.2) is 6.10 Å². The molecule has 2 aromatic rings. The lowest BCUT2D eigenvalue weighted by atomic mass is 10.1. The molecule has 0 saturated heterocycles. The predicted molar refractivity (Wildman–Crippen MR) is 104 cm³/mol. The van der Waals surface area contributed by atoms with Gasteiger partial charge in [0.25, 0.3) is 17.7 Å². The summed E-state index contributed by atoms with van der Waals surface area (Å²) in [6.07, 6.45) is -1.23.